The van der Waals surface area contributed by atoms with Gasteiger partial charge in [-0.3, -0.25) is 14.9 Å². The number of aliphatic hydroxyl groups excluding tert-OH is 1. The summed E-state index contributed by atoms with van der Waals surface area (Å²) in [5, 5.41) is 13.0. The molecule has 2 amide bonds. The second-order valence-corrected chi connectivity index (χ2v) is 9.63. The summed E-state index contributed by atoms with van der Waals surface area (Å²) in [5.74, 6) is -0.995. The molecule has 9 heteroatoms. The number of rotatable bonds is 9. The fraction of sp³-hybridized carbons (Fsp3) is 0.290. The minimum absolute atomic E-state index is 0.206. The molecule has 8 nitrogen and oxygen atoms in total. The fourth-order valence-electron chi connectivity index (χ4n) is 5.24. The molecule has 0 aromatic heterocycles. The normalized spacial score (nSPS) is 24.6. The van der Waals surface area contributed by atoms with Crippen LogP contribution in [0.25, 0.3) is 0 Å². The quantitative estimate of drug-likeness (QED) is 0.313. The highest BCUT2D eigenvalue weighted by Gasteiger charge is 2.50. The Morgan fingerprint density at radius 1 is 0.875 bits per heavy atom. The Labute approximate surface area is 231 Å². The number of nitrogens with one attached hydrogen (secondary N) is 1. The Bertz CT molecular complexity index is 1310. The molecule has 0 aliphatic carbocycles. The molecule has 5 unspecified atom stereocenters. The molecule has 1 saturated heterocycles. The van der Waals surface area contributed by atoms with Crippen LogP contribution in [0.1, 0.15) is 16.7 Å². The minimum atomic E-state index is -1.87. The second kappa shape index (κ2) is 11.6. The first-order valence-corrected chi connectivity index (χ1v) is 12.9. The molecule has 3 aromatic rings. The number of halogens is 1. The number of carbonyl (C=O) groups is 2. The molecule has 2 N–H and O–H groups in total. The summed E-state index contributed by atoms with van der Waals surface area (Å²) >= 11 is 0. The first-order chi connectivity index (χ1) is 19.4. The van der Waals surface area contributed by atoms with Gasteiger partial charge in [-0.1, -0.05) is 60.7 Å². The van der Waals surface area contributed by atoms with E-state index in [-0.39, 0.29) is 6.61 Å². The zero-order chi connectivity index (χ0) is 28.3. The molecule has 3 aromatic carbocycles. The van der Waals surface area contributed by atoms with Gasteiger partial charge in [-0.25, -0.2) is 4.39 Å². The van der Waals surface area contributed by atoms with E-state index in [0.717, 1.165) is 22.8 Å². The fourth-order valence-corrected chi connectivity index (χ4v) is 5.24. The SMILES string of the molecule is COc1ccc(C(OCC2OC(C3C=CC(=O)NC3=O)C(F)C2O)(c2ccccc2)c2ccc(OC)cc2)cc1. The third-order valence-electron chi connectivity index (χ3n) is 7.35. The maximum absolute atomic E-state index is 15.3. The Kier molecular flexibility index (Phi) is 7.97. The van der Waals surface area contributed by atoms with Crippen molar-refractivity contribution in [2.45, 2.75) is 30.1 Å². The van der Waals surface area contributed by atoms with Gasteiger partial charge in [-0.2, -0.15) is 0 Å². The lowest BCUT2D eigenvalue weighted by Gasteiger charge is -2.37. The maximum Gasteiger partial charge on any atom is 0.250 e. The Morgan fingerprint density at radius 2 is 1.43 bits per heavy atom. The average Bonchev–Trinajstić information content (AvgIpc) is 3.27. The number of alkyl halides is 1. The third-order valence-corrected chi connectivity index (χ3v) is 7.35. The van der Waals surface area contributed by atoms with Crippen LogP contribution < -0.4 is 14.8 Å². The van der Waals surface area contributed by atoms with Gasteiger partial charge < -0.3 is 24.1 Å². The van der Waals surface area contributed by atoms with Gasteiger partial charge in [0.25, 0.3) is 0 Å². The van der Waals surface area contributed by atoms with Gasteiger partial charge in [-0.05, 0) is 41.0 Å². The highest BCUT2D eigenvalue weighted by Crippen LogP contribution is 2.43. The Balaban J connectivity index is 1.53. The largest absolute Gasteiger partial charge is 0.497 e. The first kappa shape index (κ1) is 27.5. The number of carbonyl (C=O) groups excluding carboxylic acids is 2. The van der Waals surface area contributed by atoms with Crippen LogP contribution in [-0.4, -0.2) is 62.2 Å². The van der Waals surface area contributed by atoms with Gasteiger partial charge >= 0.3 is 0 Å². The zero-order valence-corrected chi connectivity index (χ0v) is 22.0. The molecule has 5 rings (SSSR count). The summed E-state index contributed by atoms with van der Waals surface area (Å²) < 4.78 is 38.6. The van der Waals surface area contributed by atoms with Gasteiger partial charge in [0.1, 0.15) is 35.4 Å². The van der Waals surface area contributed by atoms with E-state index in [4.69, 9.17) is 18.9 Å². The van der Waals surface area contributed by atoms with Crippen LogP contribution in [0, 0.1) is 5.92 Å². The highest BCUT2D eigenvalue weighted by atomic mass is 19.1. The summed E-state index contributed by atoms with van der Waals surface area (Å²) in [5.41, 5.74) is 1.12. The van der Waals surface area contributed by atoms with Crippen molar-refractivity contribution >= 4 is 11.8 Å². The number of methoxy groups -OCH3 is 2. The predicted molar refractivity (Wildman–Crippen MR) is 144 cm³/mol. The Morgan fingerprint density at radius 3 is 1.95 bits per heavy atom. The molecular formula is C31H30FNO7. The van der Waals surface area contributed by atoms with E-state index in [1.165, 1.54) is 6.08 Å². The number of aliphatic hydroxyl groups is 1. The number of hydrogen-bond acceptors (Lipinski definition) is 7. The average molecular weight is 548 g/mol. The van der Waals surface area contributed by atoms with Crippen molar-refractivity contribution in [2.75, 3.05) is 20.8 Å². The zero-order valence-electron chi connectivity index (χ0n) is 22.0. The van der Waals surface area contributed by atoms with Crippen molar-refractivity contribution in [2.24, 2.45) is 5.92 Å². The topological polar surface area (TPSA) is 103 Å². The summed E-state index contributed by atoms with van der Waals surface area (Å²) in [6, 6.07) is 24.4. The van der Waals surface area contributed by atoms with Crippen LogP contribution in [0.3, 0.4) is 0 Å². The number of ether oxygens (including phenoxy) is 4. The van der Waals surface area contributed by atoms with Crippen molar-refractivity contribution in [1.82, 2.24) is 5.32 Å². The molecule has 40 heavy (non-hydrogen) atoms. The molecule has 0 bridgehead atoms. The summed E-state index contributed by atoms with van der Waals surface area (Å²) in [6.45, 7) is -0.206. The van der Waals surface area contributed by atoms with Crippen LogP contribution >= 0.6 is 0 Å². The minimum Gasteiger partial charge on any atom is -0.497 e. The van der Waals surface area contributed by atoms with Gasteiger partial charge in [0.05, 0.1) is 26.7 Å². The Hall–Kier alpha value is -4.05. The highest BCUT2D eigenvalue weighted by molar-refractivity contribution is 6.05. The smallest absolute Gasteiger partial charge is 0.250 e. The van der Waals surface area contributed by atoms with E-state index in [2.05, 4.69) is 5.32 Å². The van der Waals surface area contributed by atoms with E-state index in [1.54, 1.807) is 14.2 Å². The summed E-state index contributed by atoms with van der Waals surface area (Å²) in [6.07, 6.45) is -3.32. The third kappa shape index (κ3) is 5.11. The standard InChI is InChI=1S/C31H30FNO7/c1-37-22-12-8-20(9-13-22)31(19-6-4-3-5-7-19,21-10-14-23(38-2)15-11-21)39-18-25-28(35)27(32)29(40-25)24-16-17-26(34)33-30(24)36/h3-17,24-25,27-29,35H,18H2,1-2H3,(H,33,34,36). The van der Waals surface area contributed by atoms with E-state index in [0.29, 0.717) is 11.5 Å². The molecule has 0 saturated carbocycles. The first-order valence-electron chi connectivity index (χ1n) is 12.9. The molecule has 0 radical (unpaired) electrons. The van der Waals surface area contributed by atoms with Crippen LogP contribution in [0.2, 0.25) is 0 Å². The molecule has 5 atom stereocenters. The van der Waals surface area contributed by atoms with E-state index in [1.807, 2.05) is 78.9 Å². The molecule has 2 aliphatic rings. The van der Waals surface area contributed by atoms with E-state index >= 15 is 4.39 Å². The van der Waals surface area contributed by atoms with Crippen molar-refractivity contribution in [3.8, 4) is 11.5 Å². The van der Waals surface area contributed by atoms with Crippen molar-refractivity contribution in [1.29, 1.82) is 0 Å². The maximum atomic E-state index is 15.3. The van der Waals surface area contributed by atoms with Crippen LogP contribution in [0.15, 0.2) is 91.0 Å². The lowest BCUT2D eigenvalue weighted by Crippen LogP contribution is -2.45. The van der Waals surface area contributed by atoms with Crippen LogP contribution in [-0.2, 0) is 24.7 Å². The monoisotopic (exact) mass is 547 g/mol. The number of benzene rings is 3. The number of amides is 2. The van der Waals surface area contributed by atoms with Crippen LogP contribution in [0.5, 0.6) is 11.5 Å². The summed E-state index contributed by atoms with van der Waals surface area (Å²) in [4.78, 5) is 23.9. The molecule has 208 valence electrons. The van der Waals surface area contributed by atoms with Gasteiger partial charge in [0.2, 0.25) is 11.8 Å². The van der Waals surface area contributed by atoms with Crippen molar-refractivity contribution < 1.29 is 38.0 Å². The lowest BCUT2D eigenvalue weighted by molar-refractivity contribution is -0.136. The predicted octanol–water partition coefficient (Wildman–Crippen LogP) is 3.31. The summed E-state index contributed by atoms with van der Waals surface area (Å²) in [7, 11) is 3.17. The lowest BCUT2D eigenvalue weighted by atomic mass is 9.80. The van der Waals surface area contributed by atoms with Crippen molar-refractivity contribution in [3.63, 3.8) is 0 Å². The van der Waals surface area contributed by atoms with Gasteiger partial charge in [0.15, 0.2) is 6.17 Å². The molecule has 2 aliphatic heterocycles. The van der Waals surface area contributed by atoms with Gasteiger partial charge in [-0.15, -0.1) is 0 Å². The molecule has 0 spiro atoms. The van der Waals surface area contributed by atoms with E-state index in [9.17, 15) is 14.7 Å². The van der Waals surface area contributed by atoms with Gasteiger partial charge in [0, 0.05) is 6.08 Å². The van der Waals surface area contributed by atoms with E-state index < -0.39 is 47.8 Å². The number of imide groups is 1. The van der Waals surface area contributed by atoms with Crippen LogP contribution in [0.4, 0.5) is 4.39 Å². The number of hydrogen-bond donors (Lipinski definition) is 2. The molecule has 2 heterocycles. The van der Waals surface area contributed by atoms with Crippen molar-refractivity contribution in [3.05, 3.63) is 108 Å². The second-order valence-electron chi connectivity index (χ2n) is 9.63. The molecular weight excluding hydrogens is 517 g/mol. The molecule has 1 fully saturated rings.